The van der Waals surface area contributed by atoms with Crippen molar-refractivity contribution in [2.24, 2.45) is 0 Å². The normalized spacial score (nSPS) is 12.3. The minimum Gasteiger partial charge on any atom is -0.479 e. The predicted molar refractivity (Wildman–Crippen MR) is 77.8 cm³/mol. The molecule has 20 heavy (non-hydrogen) atoms. The molecule has 0 aromatic heterocycles. The first-order valence-electron chi connectivity index (χ1n) is 6.04. The Kier molecular flexibility index (Phi) is 6.24. The second-order valence-corrected chi connectivity index (χ2v) is 4.94. The van der Waals surface area contributed by atoms with Crippen molar-refractivity contribution in [1.29, 1.82) is 0 Å². The Balaban J connectivity index is 2.93. The minimum atomic E-state index is -1.06. The zero-order valence-electron chi connectivity index (χ0n) is 10.9. The summed E-state index contributed by atoms with van der Waals surface area (Å²) in [6.45, 7) is 1.88. The Bertz CT molecular complexity index is 524. The number of carbonyl (C=O) groups is 2. The average Bonchev–Trinajstić information content (AvgIpc) is 2.38. The van der Waals surface area contributed by atoms with Crippen molar-refractivity contribution in [3.05, 3.63) is 34.3 Å². The molecular weight excluding hydrogens is 328 g/mol. The number of carboxylic acids is 2. The molecule has 0 saturated carbocycles. The van der Waals surface area contributed by atoms with E-state index in [0.29, 0.717) is 28.6 Å². The topological polar surface area (TPSA) is 83.8 Å². The Morgan fingerprint density at radius 3 is 2.65 bits per heavy atom. The van der Waals surface area contributed by atoms with Gasteiger partial charge in [-0.3, -0.25) is 0 Å². The van der Waals surface area contributed by atoms with Gasteiger partial charge >= 0.3 is 11.9 Å². The van der Waals surface area contributed by atoms with Crippen LogP contribution in [0.5, 0.6) is 5.75 Å². The molecule has 0 saturated heterocycles. The molecule has 0 aliphatic heterocycles. The lowest BCUT2D eigenvalue weighted by molar-refractivity contribution is -0.145. The summed E-state index contributed by atoms with van der Waals surface area (Å²) in [6, 6.07) is 4.91. The standard InChI is InChI=1S/C14H15BrO5/c1-2-3-12(14(18)19)20-10-5-6-11(15)9(8-10)4-7-13(16)17/h4-8,12H,2-3H2,1H3,(H,16,17)(H,18,19)/b7-4+. The summed E-state index contributed by atoms with van der Waals surface area (Å²) >= 11 is 3.29. The molecule has 1 unspecified atom stereocenters. The van der Waals surface area contributed by atoms with Crippen LogP contribution in [0.25, 0.3) is 6.08 Å². The summed E-state index contributed by atoms with van der Waals surface area (Å²) in [6.07, 6.45) is 2.61. The molecule has 1 rings (SSSR count). The highest BCUT2D eigenvalue weighted by Gasteiger charge is 2.18. The van der Waals surface area contributed by atoms with E-state index in [4.69, 9.17) is 14.9 Å². The molecule has 0 heterocycles. The maximum absolute atomic E-state index is 11.0. The third kappa shape index (κ3) is 5.05. The SMILES string of the molecule is CCCC(Oc1ccc(Br)c(/C=C/C(=O)O)c1)C(=O)O. The van der Waals surface area contributed by atoms with E-state index in [-0.39, 0.29) is 0 Å². The molecular formula is C14H15BrO5. The zero-order valence-corrected chi connectivity index (χ0v) is 12.5. The highest BCUT2D eigenvalue weighted by molar-refractivity contribution is 9.10. The summed E-state index contributed by atoms with van der Waals surface area (Å²) in [4.78, 5) is 21.5. The van der Waals surface area contributed by atoms with Gasteiger partial charge in [-0.05, 0) is 36.3 Å². The molecule has 0 aliphatic carbocycles. The maximum Gasteiger partial charge on any atom is 0.344 e. The molecule has 0 bridgehead atoms. The van der Waals surface area contributed by atoms with Crippen LogP contribution >= 0.6 is 15.9 Å². The van der Waals surface area contributed by atoms with Gasteiger partial charge in [-0.2, -0.15) is 0 Å². The van der Waals surface area contributed by atoms with E-state index < -0.39 is 18.0 Å². The molecule has 0 amide bonds. The molecule has 0 radical (unpaired) electrons. The fraction of sp³-hybridized carbons (Fsp3) is 0.286. The summed E-state index contributed by atoms with van der Waals surface area (Å²) in [5.41, 5.74) is 0.602. The van der Waals surface area contributed by atoms with E-state index in [0.717, 1.165) is 6.08 Å². The second kappa shape index (κ2) is 7.69. The highest BCUT2D eigenvalue weighted by Crippen LogP contribution is 2.25. The van der Waals surface area contributed by atoms with E-state index in [1.807, 2.05) is 6.92 Å². The third-order valence-corrected chi connectivity index (χ3v) is 3.20. The second-order valence-electron chi connectivity index (χ2n) is 4.09. The first-order valence-corrected chi connectivity index (χ1v) is 6.83. The van der Waals surface area contributed by atoms with Crippen LogP contribution in [0.2, 0.25) is 0 Å². The fourth-order valence-corrected chi connectivity index (χ4v) is 1.92. The number of hydrogen-bond acceptors (Lipinski definition) is 3. The molecule has 1 aromatic rings. The molecule has 1 atom stereocenters. The van der Waals surface area contributed by atoms with Crippen LogP contribution in [-0.4, -0.2) is 28.3 Å². The van der Waals surface area contributed by atoms with Gasteiger partial charge in [-0.1, -0.05) is 29.3 Å². The van der Waals surface area contributed by atoms with Crippen LogP contribution in [0, 0.1) is 0 Å². The van der Waals surface area contributed by atoms with Crippen LogP contribution in [0.3, 0.4) is 0 Å². The molecule has 0 fully saturated rings. The largest absolute Gasteiger partial charge is 0.479 e. The molecule has 0 aliphatic rings. The van der Waals surface area contributed by atoms with E-state index in [1.54, 1.807) is 18.2 Å². The lowest BCUT2D eigenvalue weighted by Crippen LogP contribution is -2.26. The molecule has 6 heteroatoms. The third-order valence-electron chi connectivity index (χ3n) is 2.48. The van der Waals surface area contributed by atoms with Crippen molar-refractivity contribution < 1.29 is 24.5 Å². The van der Waals surface area contributed by atoms with Gasteiger partial charge in [0, 0.05) is 10.5 Å². The lowest BCUT2D eigenvalue weighted by Gasteiger charge is -2.15. The number of hydrogen-bond donors (Lipinski definition) is 2. The monoisotopic (exact) mass is 342 g/mol. The van der Waals surface area contributed by atoms with Gasteiger partial charge in [0.25, 0.3) is 0 Å². The van der Waals surface area contributed by atoms with Gasteiger partial charge in [0.2, 0.25) is 0 Å². The maximum atomic E-state index is 11.0. The minimum absolute atomic E-state index is 0.388. The van der Waals surface area contributed by atoms with E-state index in [2.05, 4.69) is 15.9 Å². The lowest BCUT2D eigenvalue weighted by atomic mass is 10.2. The van der Waals surface area contributed by atoms with Gasteiger partial charge in [-0.25, -0.2) is 9.59 Å². The van der Waals surface area contributed by atoms with Crippen LogP contribution in [-0.2, 0) is 9.59 Å². The van der Waals surface area contributed by atoms with E-state index in [9.17, 15) is 9.59 Å². The average molecular weight is 343 g/mol. The molecule has 1 aromatic carbocycles. The predicted octanol–water partition coefficient (Wildman–Crippen LogP) is 3.18. The van der Waals surface area contributed by atoms with Crippen molar-refractivity contribution in [3.63, 3.8) is 0 Å². The van der Waals surface area contributed by atoms with E-state index >= 15 is 0 Å². The zero-order chi connectivity index (χ0) is 15.1. The van der Waals surface area contributed by atoms with Crippen molar-refractivity contribution in [1.82, 2.24) is 0 Å². The smallest absolute Gasteiger partial charge is 0.344 e. The van der Waals surface area contributed by atoms with Crippen LogP contribution in [0.1, 0.15) is 25.3 Å². The number of carboxylic acid groups (broad SMARTS) is 2. The van der Waals surface area contributed by atoms with Crippen molar-refractivity contribution in [2.45, 2.75) is 25.9 Å². The van der Waals surface area contributed by atoms with Crippen molar-refractivity contribution in [3.8, 4) is 5.75 Å². The molecule has 2 N–H and O–H groups in total. The van der Waals surface area contributed by atoms with Crippen LogP contribution in [0.4, 0.5) is 0 Å². The van der Waals surface area contributed by atoms with E-state index in [1.165, 1.54) is 6.08 Å². The van der Waals surface area contributed by atoms with Crippen LogP contribution in [0.15, 0.2) is 28.7 Å². The van der Waals surface area contributed by atoms with Crippen LogP contribution < -0.4 is 4.74 Å². The number of ether oxygens (including phenoxy) is 1. The van der Waals surface area contributed by atoms with Gasteiger partial charge < -0.3 is 14.9 Å². The quantitative estimate of drug-likeness (QED) is 0.743. The Morgan fingerprint density at radius 2 is 2.10 bits per heavy atom. The first kappa shape index (κ1) is 16.2. The first-order chi connectivity index (χ1) is 9.43. The number of aliphatic carboxylic acids is 2. The number of halogens is 1. The van der Waals surface area contributed by atoms with Crippen molar-refractivity contribution in [2.75, 3.05) is 0 Å². The molecule has 5 nitrogen and oxygen atoms in total. The summed E-state index contributed by atoms with van der Waals surface area (Å²) in [7, 11) is 0. The molecule has 0 spiro atoms. The Morgan fingerprint density at radius 1 is 1.40 bits per heavy atom. The summed E-state index contributed by atoms with van der Waals surface area (Å²) < 4.78 is 6.12. The summed E-state index contributed by atoms with van der Waals surface area (Å²) in [5, 5.41) is 17.7. The van der Waals surface area contributed by atoms with Gasteiger partial charge in [0.1, 0.15) is 5.75 Å². The number of rotatable bonds is 7. The Labute approximate surface area is 125 Å². The Hall–Kier alpha value is -1.82. The summed E-state index contributed by atoms with van der Waals surface area (Å²) in [5.74, 6) is -1.69. The highest BCUT2D eigenvalue weighted by atomic mass is 79.9. The van der Waals surface area contributed by atoms with Gasteiger partial charge in [0.05, 0.1) is 0 Å². The fourth-order valence-electron chi connectivity index (χ4n) is 1.54. The van der Waals surface area contributed by atoms with Crippen molar-refractivity contribution >= 4 is 33.9 Å². The van der Waals surface area contributed by atoms with Gasteiger partial charge in [0.15, 0.2) is 6.10 Å². The number of benzene rings is 1. The molecule has 108 valence electrons. The van der Waals surface area contributed by atoms with Gasteiger partial charge in [-0.15, -0.1) is 0 Å².